The molecule has 0 aromatic heterocycles. The predicted molar refractivity (Wildman–Crippen MR) is 215 cm³/mol. The van der Waals surface area contributed by atoms with Gasteiger partial charge in [0.15, 0.2) is 0 Å². The van der Waals surface area contributed by atoms with Crippen molar-refractivity contribution >= 4 is 11.9 Å². The molecular formula is C45H76N4O5. The highest BCUT2D eigenvalue weighted by Gasteiger charge is 2.79. The molecule has 0 spiro atoms. The summed E-state index contributed by atoms with van der Waals surface area (Å²) >= 11 is 0. The van der Waals surface area contributed by atoms with Gasteiger partial charge < -0.3 is 31.3 Å². The number of ether oxygens (including phenoxy) is 1. The summed E-state index contributed by atoms with van der Waals surface area (Å²) in [5.74, 6) is 0.888. The van der Waals surface area contributed by atoms with Gasteiger partial charge in [0.25, 0.3) is 0 Å². The lowest BCUT2D eigenvalue weighted by Crippen LogP contribution is -2.84. The summed E-state index contributed by atoms with van der Waals surface area (Å²) in [7, 11) is 0. The first kappa shape index (κ1) is 41.7. The quantitative estimate of drug-likeness (QED) is 0.105. The molecule has 0 aromatic carbocycles. The number of aliphatic hydroxyl groups is 2. The number of carbonyl (C=O) groups excluding carboxylic acids is 2. The highest BCUT2D eigenvalue weighted by atomic mass is 16.5. The third-order valence-corrected chi connectivity index (χ3v) is 18.1. The summed E-state index contributed by atoms with van der Waals surface area (Å²) in [5, 5.41) is 19.3. The van der Waals surface area contributed by atoms with Gasteiger partial charge in [0.1, 0.15) is 6.10 Å². The fourth-order valence-corrected chi connectivity index (χ4v) is 15.0. The Hall–Kier alpha value is -1.94. The van der Waals surface area contributed by atoms with Gasteiger partial charge in [-0.1, -0.05) is 67.2 Å². The van der Waals surface area contributed by atoms with Gasteiger partial charge in [0, 0.05) is 62.1 Å². The van der Waals surface area contributed by atoms with E-state index in [0.717, 1.165) is 90.4 Å². The first-order chi connectivity index (χ1) is 25.0. The van der Waals surface area contributed by atoms with Crippen molar-refractivity contribution in [2.75, 3.05) is 39.3 Å². The Bertz CT molecular complexity index is 1500. The van der Waals surface area contributed by atoms with Crippen molar-refractivity contribution < 1.29 is 24.5 Å². The summed E-state index contributed by atoms with van der Waals surface area (Å²) in [5.41, 5.74) is 15.0. The Morgan fingerprint density at radius 3 is 2.13 bits per heavy atom. The molecule has 10 atom stereocenters. The van der Waals surface area contributed by atoms with Crippen LogP contribution >= 0.6 is 0 Å². The molecule has 1 aliphatic heterocycles. The summed E-state index contributed by atoms with van der Waals surface area (Å²) in [6.07, 6.45) is 10.3. The van der Waals surface area contributed by atoms with E-state index in [9.17, 15) is 19.8 Å². The molecule has 54 heavy (non-hydrogen) atoms. The number of aliphatic hydroxyl groups excluding tert-OH is 2. The number of esters is 1. The molecular weight excluding hydrogens is 677 g/mol. The van der Waals surface area contributed by atoms with Crippen LogP contribution in [0.4, 0.5) is 0 Å². The van der Waals surface area contributed by atoms with E-state index >= 15 is 0 Å². The lowest BCUT2D eigenvalue weighted by molar-refractivity contribution is -0.266. The number of allylic oxidation sites excluding steroid dienone is 2. The van der Waals surface area contributed by atoms with Crippen LogP contribution in [-0.4, -0.2) is 88.4 Å². The molecule has 0 aromatic rings. The van der Waals surface area contributed by atoms with Crippen LogP contribution in [0.5, 0.6) is 0 Å². The predicted octanol–water partition coefficient (Wildman–Crippen LogP) is 7.12. The number of amides is 1. The summed E-state index contributed by atoms with van der Waals surface area (Å²) in [4.78, 5) is 31.9. The molecule has 2 unspecified atom stereocenters. The van der Waals surface area contributed by atoms with E-state index in [1.807, 2.05) is 13.8 Å². The minimum absolute atomic E-state index is 0.0902. The number of β-amino-alcohol motifs (C(OH)–C–C–N with tert-alkyl or cyclic N) is 1. The van der Waals surface area contributed by atoms with Crippen molar-refractivity contribution in [1.29, 1.82) is 0 Å². The van der Waals surface area contributed by atoms with Gasteiger partial charge in [0.05, 0.1) is 18.8 Å². The minimum atomic E-state index is -0.485. The zero-order valence-corrected chi connectivity index (χ0v) is 35.3. The van der Waals surface area contributed by atoms with Gasteiger partial charge >= 0.3 is 5.97 Å². The second kappa shape index (κ2) is 13.9. The molecule has 0 bridgehead atoms. The Morgan fingerprint density at radius 2 is 1.52 bits per heavy atom. The maximum absolute atomic E-state index is 14.2. The Kier molecular flexibility index (Phi) is 10.7. The van der Waals surface area contributed by atoms with Crippen molar-refractivity contribution in [3.8, 4) is 0 Å². The molecule has 5 aliphatic carbocycles. The van der Waals surface area contributed by atoms with Crippen LogP contribution in [-0.2, 0) is 14.3 Å². The molecule has 6 N–H and O–H groups in total. The van der Waals surface area contributed by atoms with Crippen molar-refractivity contribution in [3.05, 3.63) is 24.5 Å². The monoisotopic (exact) mass is 753 g/mol. The van der Waals surface area contributed by atoms with Crippen molar-refractivity contribution in [1.82, 2.24) is 9.80 Å². The SMILES string of the molecule is C=C(O)CC(C)(C)CC(=O)OC1CC[C@@]2(C)[C@@H](CC[C@]3(C)[C@]2(N)CCC2(N)[C@H]4[C@H](C(=C)C)CC[C@]4(CC(=O)N4CCN(CCO)CC4)CC[C@]23C)C1(C)C. The smallest absolute Gasteiger partial charge is 0.306 e. The number of nitrogens with zero attached hydrogens (tertiary/aromatic N) is 2. The number of piperazine rings is 1. The molecule has 6 rings (SSSR count). The standard InChI is InChI=1S/C45H76N4O5/c1-30(2)32-11-16-43(28-35(52)49-23-21-48(22-24-49)25-26-50)18-17-41(9)42(10)15-12-33-39(6,7)34(54-36(53)29-38(4,5)27-31(3)51)13-14-40(33,8)45(42,47)20-19-44(41,46)37(32)43/h32-34,37,50-51H,1,3,11-29,46-47H2,2,4-10H3/t32-,33-,34?,37-,40-,41-,42-,43+,44?,45-/m0/s1. The fourth-order valence-electron chi connectivity index (χ4n) is 15.0. The molecule has 9 nitrogen and oxygen atoms in total. The number of nitrogens with two attached hydrogens (primary N) is 2. The van der Waals surface area contributed by atoms with E-state index in [0.29, 0.717) is 19.4 Å². The zero-order chi connectivity index (χ0) is 39.9. The van der Waals surface area contributed by atoms with Crippen LogP contribution in [0, 0.1) is 50.2 Å². The Labute approximate surface area is 327 Å². The largest absolute Gasteiger partial charge is 0.513 e. The van der Waals surface area contributed by atoms with Crippen molar-refractivity contribution in [3.63, 3.8) is 0 Å². The number of hydrogen-bond acceptors (Lipinski definition) is 8. The van der Waals surface area contributed by atoms with Gasteiger partial charge in [-0.05, 0) is 116 Å². The molecule has 1 saturated heterocycles. The molecule has 6 aliphatic rings. The number of rotatable bonds is 10. The van der Waals surface area contributed by atoms with Gasteiger partial charge in [-0.15, -0.1) is 0 Å². The summed E-state index contributed by atoms with van der Waals surface area (Å²) < 4.78 is 6.36. The van der Waals surface area contributed by atoms with Gasteiger partial charge in [-0.2, -0.15) is 0 Å². The van der Waals surface area contributed by atoms with Crippen molar-refractivity contribution in [2.24, 2.45) is 61.7 Å². The second-order valence-electron chi connectivity index (χ2n) is 21.6. The Balaban J connectivity index is 1.27. The van der Waals surface area contributed by atoms with Gasteiger partial charge in [-0.3, -0.25) is 14.5 Å². The lowest BCUT2D eigenvalue weighted by atomic mass is 9.28. The molecule has 9 heteroatoms. The maximum atomic E-state index is 14.2. The van der Waals surface area contributed by atoms with E-state index in [1.165, 1.54) is 5.57 Å². The topological polar surface area (TPSA) is 142 Å². The van der Waals surface area contributed by atoms with Crippen LogP contribution in [0.15, 0.2) is 24.5 Å². The van der Waals surface area contributed by atoms with Crippen molar-refractivity contribution in [2.45, 2.75) is 156 Å². The summed E-state index contributed by atoms with van der Waals surface area (Å²) in [6, 6.07) is 0. The van der Waals surface area contributed by atoms with E-state index in [2.05, 4.69) is 64.5 Å². The second-order valence-corrected chi connectivity index (χ2v) is 21.6. The normalized spacial score (nSPS) is 43.3. The number of fused-ring (bicyclic) bond motifs is 7. The third kappa shape index (κ3) is 6.14. The first-order valence-electron chi connectivity index (χ1n) is 21.4. The number of carbonyl (C=O) groups is 2. The van der Waals surface area contributed by atoms with E-state index in [4.69, 9.17) is 16.2 Å². The van der Waals surface area contributed by atoms with Gasteiger partial charge in [0.2, 0.25) is 5.91 Å². The Morgan fingerprint density at radius 1 is 0.852 bits per heavy atom. The lowest BCUT2D eigenvalue weighted by Gasteiger charge is -2.79. The molecule has 306 valence electrons. The van der Waals surface area contributed by atoms with Crippen LogP contribution in [0.3, 0.4) is 0 Å². The minimum Gasteiger partial charge on any atom is -0.513 e. The van der Waals surface area contributed by atoms with E-state index in [-0.39, 0.29) is 81.6 Å². The molecule has 6 fully saturated rings. The maximum Gasteiger partial charge on any atom is 0.306 e. The average molecular weight is 753 g/mol. The van der Waals surface area contributed by atoms with Crippen LogP contribution in [0.25, 0.3) is 0 Å². The van der Waals surface area contributed by atoms with Crippen LogP contribution in [0.1, 0.15) is 139 Å². The molecule has 0 radical (unpaired) electrons. The molecule has 1 heterocycles. The van der Waals surface area contributed by atoms with Gasteiger partial charge in [-0.25, -0.2) is 0 Å². The first-order valence-corrected chi connectivity index (χ1v) is 21.4. The fraction of sp³-hybridized carbons (Fsp3) is 0.867. The van der Waals surface area contributed by atoms with Crippen LogP contribution in [0.2, 0.25) is 0 Å². The van der Waals surface area contributed by atoms with E-state index < -0.39 is 16.5 Å². The van der Waals surface area contributed by atoms with Crippen LogP contribution < -0.4 is 11.5 Å². The summed E-state index contributed by atoms with van der Waals surface area (Å²) in [6.45, 7) is 30.2. The highest BCUT2D eigenvalue weighted by molar-refractivity contribution is 5.77. The van der Waals surface area contributed by atoms with E-state index in [1.54, 1.807) is 0 Å². The highest BCUT2D eigenvalue weighted by Crippen LogP contribution is 2.79. The third-order valence-electron chi connectivity index (χ3n) is 18.1. The zero-order valence-electron chi connectivity index (χ0n) is 35.3. The average Bonchev–Trinajstić information content (AvgIpc) is 3.46. The molecule has 5 saturated carbocycles. The number of hydrogen-bond donors (Lipinski definition) is 4. The molecule has 1 amide bonds.